The Hall–Kier alpha value is -2.74. The van der Waals surface area contributed by atoms with E-state index in [9.17, 15) is 18.8 Å². The highest BCUT2D eigenvalue weighted by Gasteiger charge is 2.27. The molecule has 29 heavy (non-hydrogen) atoms. The molecular weight excluding hydrogens is 395 g/mol. The lowest BCUT2D eigenvalue weighted by atomic mass is 9.95. The highest BCUT2D eigenvalue weighted by molar-refractivity contribution is 7.17. The summed E-state index contributed by atoms with van der Waals surface area (Å²) >= 11 is 1.40. The number of carbonyl (C=O) groups is 3. The predicted molar refractivity (Wildman–Crippen MR) is 108 cm³/mol. The molecule has 0 radical (unpaired) electrons. The molecule has 1 N–H and O–H groups in total. The van der Waals surface area contributed by atoms with Gasteiger partial charge in [0.2, 0.25) is 5.91 Å². The fraction of sp³-hybridized carbons (Fsp3) is 0.381. The van der Waals surface area contributed by atoms with Crippen LogP contribution >= 0.6 is 11.3 Å². The van der Waals surface area contributed by atoms with E-state index in [-0.39, 0.29) is 24.2 Å². The number of amides is 2. The zero-order valence-electron chi connectivity index (χ0n) is 16.4. The van der Waals surface area contributed by atoms with Crippen LogP contribution in [-0.2, 0) is 33.7 Å². The minimum absolute atomic E-state index is 0.257. The van der Waals surface area contributed by atoms with E-state index in [4.69, 9.17) is 4.74 Å². The summed E-state index contributed by atoms with van der Waals surface area (Å²) in [4.78, 5) is 39.1. The summed E-state index contributed by atoms with van der Waals surface area (Å²) in [6.07, 6.45) is 3.66. The first-order chi connectivity index (χ1) is 13.8. The molecule has 2 aromatic rings. The van der Waals surface area contributed by atoms with E-state index in [1.807, 2.05) is 0 Å². The number of hydrogen-bond donors (Lipinski definition) is 1. The Kier molecular flexibility index (Phi) is 6.64. The van der Waals surface area contributed by atoms with Crippen LogP contribution in [0.4, 0.5) is 9.39 Å². The Morgan fingerprint density at radius 3 is 2.55 bits per heavy atom. The molecule has 1 aromatic carbocycles. The second kappa shape index (κ2) is 9.17. The average molecular weight is 418 g/mol. The van der Waals surface area contributed by atoms with E-state index in [0.717, 1.165) is 41.7 Å². The minimum Gasteiger partial charge on any atom is -0.452 e. The molecule has 1 aromatic heterocycles. The highest BCUT2D eigenvalue weighted by atomic mass is 32.1. The second-order valence-electron chi connectivity index (χ2n) is 7.05. The van der Waals surface area contributed by atoms with Gasteiger partial charge in [-0.3, -0.25) is 9.59 Å². The molecule has 0 fully saturated rings. The first kappa shape index (κ1) is 21.0. The number of fused-ring (bicyclic) bond motifs is 1. The molecular formula is C21H23FN2O4S. The molecule has 154 valence electrons. The third-order valence-corrected chi connectivity index (χ3v) is 5.96. The number of thiophene rings is 1. The molecule has 6 nitrogen and oxygen atoms in total. The summed E-state index contributed by atoms with van der Waals surface area (Å²) in [7, 11) is 1.59. The van der Waals surface area contributed by atoms with Crippen molar-refractivity contribution in [3.8, 4) is 0 Å². The zero-order chi connectivity index (χ0) is 21.0. The number of halogens is 1. The number of anilines is 1. The van der Waals surface area contributed by atoms with Crippen molar-refractivity contribution < 1.29 is 23.5 Å². The molecule has 1 heterocycles. The molecule has 0 bridgehead atoms. The van der Waals surface area contributed by atoms with Gasteiger partial charge in [-0.2, -0.15) is 0 Å². The van der Waals surface area contributed by atoms with Crippen LogP contribution in [0.2, 0.25) is 0 Å². The largest absolute Gasteiger partial charge is 0.452 e. The summed E-state index contributed by atoms with van der Waals surface area (Å²) in [6, 6.07) is 5.86. The minimum atomic E-state index is -0.600. The maximum absolute atomic E-state index is 13.0. The van der Waals surface area contributed by atoms with Crippen molar-refractivity contribution in [1.29, 1.82) is 0 Å². The lowest BCUT2D eigenvalue weighted by Gasteiger charge is -2.18. The SMILES string of the molecule is CC(=O)Nc1sc2c(c1C(=O)OCC(=O)N(C)Cc1ccc(F)cc1)CCCC2. The van der Waals surface area contributed by atoms with Crippen LogP contribution < -0.4 is 5.32 Å². The van der Waals surface area contributed by atoms with Crippen LogP contribution in [0.5, 0.6) is 0 Å². The fourth-order valence-electron chi connectivity index (χ4n) is 3.29. The number of esters is 1. The number of benzene rings is 1. The maximum atomic E-state index is 13.0. The van der Waals surface area contributed by atoms with Crippen molar-refractivity contribution in [3.05, 3.63) is 51.7 Å². The van der Waals surface area contributed by atoms with Crippen LogP contribution in [0.15, 0.2) is 24.3 Å². The monoisotopic (exact) mass is 418 g/mol. The van der Waals surface area contributed by atoms with Gasteiger partial charge in [0.1, 0.15) is 10.8 Å². The van der Waals surface area contributed by atoms with Crippen LogP contribution in [0.1, 0.15) is 46.1 Å². The lowest BCUT2D eigenvalue weighted by molar-refractivity contribution is -0.133. The van der Waals surface area contributed by atoms with Gasteiger partial charge in [-0.15, -0.1) is 11.3 Å². The number of aryl methyl sites for hydroxylation is 1. The van der Waals surface area contributed by atoms with Crippen molar-refractivity contribution in [2.24, 2.45) is 0 Å². The number of ether oxygens (including phenoxy) is 1. The summed E-state index contributed by atoms with van der Waals surface area (Å²) in [5.41, 5.74) is 2.06. The lowest BCUT2D eigenvalue weighted by Crippen LogP contribution is -2.31. The van der Waals surface area contributed by atoms with Gasteiger partial charge in [0, 0.05) is 25.4 Å². The molecule has 0 atom stereocenters. The number of rotatable bonds is 6. The van der Waals surface area contributed by atoms with Crippen molar-refractivity contribution in [3.63, 3.8) is 0 Å². The Morgan fingerprint density at radius 2 is 1.86 bits per heavy atom. The molecule has 2 amide bonds. The third kappa shape index (κ3) is 5.20. The van der Waals surface area contributed by atoms with Crippen LogP contribution in [0, 0.1) is 5.82 Å². The second-order valence-corrected chi connectivity index (χ2v) is 8.15. The topological polar surface area (TPSA) is 75.7 Å². The quantitative estimate of drug-likeness (QED) is 0.728. The smallest absolute Gasteiger partial charge is 0.341 e. The van der Waals surface area contributed by atoms with Crippen molar-refractivity contribution in [2.75, 3.05) is 19.0 Å². The third-order valence-electron chi connectivity index (χ3n) is 4.75. The number of hydrogen-bond acceptors (Lipinski definition) is 5. The Balaban J connectivity index is 1.65. The molecule has 0 saturated heterocycles. The fourth-order valence-corrected chi connectivity index (χ4v) is 4.61. The summed E-state index contributed by atoms with van der Waals surface area (Å²) in [6.45, 7) is 1.27. The molecule has 0 spiro atoms. The first-order valence-electron chi connectivity index (χ1n) is 9.43. The van der Waals surface area contributed by atoms with Gasteiger partial charge in [-0.1, -0.05) is 12.1 Å². The first-order valence-corrected chi connectivity index (χ1v) is 10.2. The molecule has 0 saturated carbocycles. The number of likely N-dealkylation sites (N-methyl/N-ethyl adjacent to an activating group) is 1. The van der Waals surface area contributed by atoms with E-state index in [2.05, 4.69) is 5.32 Å². The van der Waals surface area contributed by atoms with E-state index in [1.165, 1.54) is 35.3 Å². The number of nitrogens with zero attached hydrogens (tertiary/aromatic N) is 1. The van der Waals surface area contributed by atoms with Gasteiger partial charge in [-0.05, 0) is 48.9 Å². The van der Waals surface area contributed by atoms with Gasteiger partial charge >= 0.3 is 5.97 Å². The normalized spacial score (nSPS) is 12.8. The van der Waals surface area contributed by atoms with Crippen molar-refractivity contribution in [1.82, 2.24) is 4.90 Å². The van der Waals surface area contributed by atoms with Gasteiger partial charge < -0.3 is 15.0 Å². The zero-order valence-corrected chi connectivity index (χ0v) is 17.2. The molecule has 3 rings (SSSR count). The Labute approximate surface area is 172 Å². The molecule has 1 aliphatic carbocycles. The molecule has 0 aliphatic heterocycles. The standard InChI is InChI=1S/C21H23FN2O4S/c1-13(25)23-20-19(16-5-3-4-6-17(16)29-20)21(27)28-12-18(26)24(2)11-14-7-9-15(22)10-8-14/h7-10H,3-6,11-12H2,1-2H3,(H,23,25). The molecule has 8 heteroatoms. The van der Waals surface area contributed by atoms with Crippen LogP contribution in [0.25, 0.3) is 0 Å². The van der Waals surface area contributed by atoms with Crippen LogP contribution in [0.3, 0.4) is 0 Å². The highest BCUT2D eigenvalue weighted by Crippen LogP contribution is 2.38. The van der Waals surface area contributed by atoms with Crippen molar-refractivity contribution >= 4 is 34.1 Å². The maximum Gasteiger partial charge on any atom is 0.341 e. The summed E-state index contributed by atoms with van der Waals surface area (Å²) in [5.74, 6) is -1.57. The predicted octanol–water partition coefficient (Wildman–Crippen LogP) is 3.54. The van der Waals surface area contributed by atoms with E-state index in [1.54, 1.807) is 19.2 Å². The number of carbonyl (C=O) groups excluding carboxylic acids is 3. The van der Waals surface area contributed by atoms with Crippen molar-refractivity contribution in [2.45, 2.75) is 39.2 Å². The van der Waals surface area contributed by atoms with E-state index in [0.29, 0.717) is 10.6 Å². The van der Waals surface area contributed by atoms with Crippen LogP contribution in [-0.4, -0.2) is 36.3 Å². The van der Waals surface area contributed by atoms with Gasteiger partial charge in [0.25, 0.3) is 5.91 Å². The van der Waals surface area contributed by atoms with Gasteiger partial charge in [0.05, 0.1) is 5.56 Å². The van der Waals surface area contributed by atoms with Gasteiger partial charge in [-0.25, -0.2) is 9.18 Å². The molecule has 0 unspecified atom stereocenters. The van der Waals surface area contributed by atoms with E-state index >= 15 is 0 Å². The Morgan fingerprint density at radius 1 is 1.17 bits per heavy atom. The Bertz CT molecular complexity index is 924. The number of nitrogens with one attached hydrogen (secondary N) is 1. The van der Waals surface area contributed by atoms with Gasteiger partial charge in [0.15, 0.2) is 6.61 Å². The summed E-state index contributed by atoms with van der Waals surface area (Å²) < 4.78 is 18.3. The average Bonchev–Trinajstić information content (AvgIpc) is 3.04. The van der Waals surface area contributed by atoms with E-state index < -0.39 is 12.6 Å². The summed E-state index contributed by atoms with van der Waals surface area (Å²) in [5, 5.41) is 3.20. The molecule has 1 aliphatic rings.